The molecule has 0 saturated carbocycles. The van der Waals surface area contributed by atoms with Crippen molar-refractivity contribution in [1.82, 2.24) is 4.98 Å². The second kappa shape index (κ2) is 7.96. The van der Waals surface area contributed by atoms with E-state index in [1.54, 1.807) is 13.0 Å². The molecule has 0 spiro atoms. The number of amides is 1. The molecule has 0 aliphatic carbocycles. The predicted octanol–water partition coefficient (Wildman–Crippen LogP) is 4.50. The number of carbonyl (C=O) groups is 1. The molecule has 7 nitrogen and oxygen atoms in total. The minimum atomic E-state index is -0.506. The smallest absolute Gasteiger partial charge is 0.271 e. The number of nitrogens with zero attached hydrogens (tertiary/aromatic N) is 2. The third-order valence-corrected chi connectivity index (χ3v) is 4.87. The van der Waals surface area contributed by atoms with Gasteiger partial charge in [-0.1, -0.05) is 23.8 Å². The first-order valence-electron chi connectivity index (χ1n) is 8.14. The summed E-state index contributed by atoms with van der Waals surface area (Å²) in [5.41, 5.74) is 2.01. The zero-order valence-corrected chi connectivity index (χ0v) is 15.6. The van der Waals surface area contributed by atoms with Crippen LogP contribution in [0.1, 0.15) is 25.9 Å². The largest absolute Gasteiger partial charge is 0.486 e. The van der Waals surface area contributed by atoms with Gasteiger partial charge < -0.3 is 10.1 Å². The monoisotopic (exact) mass is 383 g/mol. The molecule has 0 radical (unpaired) electrons. The summed E-state index contributed by atoms with van der Waals surface area (Å²) >= 11 is 1.24. The molecule has 0 aliphatic heterocycles. The van der Waals surface area contributed by atoms with E-state index in [-0.39, 0.29) is 18.2 Å². The van der Waals surface area contributed by atoms with Crippen LogP contribution in [0.3, 0.4) is 0 Å². The molecule has 1 heterocycles. The Bertz CT molecular complexity index is 983. The maximum absolute atomic E-state index is 12.5. The van der Waals surface area contributed by atoms with Crippen LogP contribution in [0.15, 0.2) is 48.5 Å². The Morgan fingerprint density at radius 3 is 2.67 bits per heavy atom. The molecule has 0 aliphatic rings. The van der Waals surface area contributed by atoms with Crippen LogP contribution in [-0.4, -0.2) is 15.8 Å². The molecule has 3 rings (SSSR count). The Morgan fingerprint density at radius 2 is 1.96 bits per heavy atom. The number of aromatic nitrogens is 1. The van der Waals surface area contributed by atoms with E-state index in [1.165, 1.54) is 29.5 Å². The van der Waals surface area contributed by atoms with Crippen molar-refractivity contribution in [1.29, 1.82) is 0 Å². The number of non-ortho nitro benzene ring substituents is 1. The van der Waals surface area contributed by atoms with Gasteiger partial charge in [0.1, 0.15) is 22.2 Å². The van der Waals surface area contributed by atoms with Crippen LogP contribution in [0.2, 0.25) is 0 Å². The SMILES string of the molecule is Cc1ccc(OCc2nc(C)c(C(=O)Nc3cccc([N+](=O)[O-])c3)s2)cc1. The van der Waals surface area contributed by atoms with Crippen molar-refractivity contribution in [2.75, 3.05) is 5.32 Å². The summed E-state index contributed by atoms with van der Waals surface area (Å²) in [6, 6.07) is 13.5. The number of hydrogen-bond donors (Lipinski definition) is 1. The van der Waals surface area contributed by atoms with Gasteiger partial charge in [-0.05, 0) is 32.0 Å². The molecule has 0 atom stereocenters. The Labute approximate surface area is 159 Å². The average Bonchev–Trinajstić information content (AvgIpc) is 3.02. The van der Waals surface area contributed by atoms with Gasteiger partial charge in [-0.15, -0.1) is 11.3 Å². The van der Waals surface area contributed by atoms with Crippen molar-refractivity contribution in [2.45, 2.75) is 20.5 Å². The number of rotatable bonds is 6. The molecule has 1 N–H and O–H groups in total. The Balaban J connectivity index is 1.68. The summed E-state index contributed by atoms with van der Waals surface area (Å²) in [4.78, 5) is 27.7. The summed E-state index contributed by atoms with van der Waals surface area (Å²) in [7, 11) is 0. The highest BCUT2D eigenvalue weighted by atomic mass is 32.1. The lowest BCUT2D eigenvalue weighted by Gasteiger charge is -2.04. The molecule has 0 saturated heterocycles. The molecule has 0 bridgehead atoms. The Hall–Kier alpha value is -3.26. The molecule has 0 unspecified atom stereocenters. The summed E-state index contributed by atoms with van der Waals surface area (Å²) in [5.74, 6) is 0.378. The molecule has 3 aromatic rings. The molecule has 8 heteroatoms. The number of carbonyl (C=O) groups excluding carboxylic acids is 1. The molecular weight excluding hydrogens is 366 g/mol. The number of benzene rings is 2. The average molecular weight is 383 g/mol. The van der Waals surface area contributed by atoms with E-state index >= 15 is 0 Å². The highest BCUT2D eigenvalue weighted by Gasteiger charge is 2.17. The van der Waals surface area contributed by atoms with E-state index in [2.05, 4.69) is 10.3 Å². The van der Waals surface area contributed by atoms with Crippen LogP contribution in [0.5, 0.6) is 5.75 Å². The van der Waals surface area contributed by atoms with Crippen molar-refractivity contribution >= 4 is 28.6 Å². The number of nitro benzene ring substituents is 1. The lowest BCUT2D eigenvalue weighted by molar-refractivity contribution is -0.384. The molecule has 1 amide bonds. The van der Waals surface area contributed by atoms with E-state index in [4.69, 9.17) is 4.74 Å². The second-order valence-corrected chi connectivity index (χ2v) is 6.97. The standard InChI is InChI=1S/C19H17N3O4S/c1-12-6-8-16(9-7-12)26-11-17-20-13(2)18(27-17)19(23)21-14-4-3-5-15(10-14)22(24)25/h3-10H,11H2,1-2H3,(H,21,23). The lowest BCUT2D eigenvalue weighted by atomic mass is 10.2. The van der Waals surface area contributed by atoms with Gasteiger partial charge in [0.25, 0.3) is 11.6 Å². The second-order valence-electron chi connectivity index (χ2n) is 5.89. The van der Waals surface area contributed by atoms with E-state index in [0.29, 0.717) is 21.3 Å². The van der Waals surface area contributed by atoms with Gasteiger partial charge in [-0.2, -0.15) is 0 Å². The predicted molar refractivity (Wildman–Crippen MR) is 103 cm³/mol. The number of nitro groups is 1. The Kier molecular flexibility index (Phi) is 5.46. The molecule has 0 fully saturated rings. The van der Waals surface area contributed by atoms with Gasteiger partial charge in [0.15, 0.2) is 0 Å². The third kappa shape index (κ3) is 4.68. The fourth-order valence-corrected chi connectivity index (χ4v) is 3.26. The van der Waals surface area contributed by atoms with Crippen LogP contribution in [0, 0.1) is 24.0 Å². The van der Waals surface area contributed by atoms with Crippen LogP contribution in [0.25, 0.3) is 0 Å². The summed E-state index contributed by atoms with van der Waals surface area (Å²) < 4.78 is 5.70. The van der Waals surface area contributed by atoms with E-state index in [1.807, 2.05) is 31.2 Å². The highest BCUT2D eigenvalue weighted by molar-refractivity contribution is 7.13. The van der Waals surface area contributed by atoms with E-state index < -0.39 is 4.92 Å². The summed E-state index contributed by atoms with van der Waals surface area (Å²) in [6.45, 7) is 4.01. The third-order valence-electron chi connectivity index (χ3n) is 3.75. The number of nitrogens with one attached hydrogen (secondary N) is 1. The lowest BCUT2D eigenvalue weighted by Crippen LogP contribution is -2.11. The van der Waals surface area contributed by atoms with Gasteiger partial charge in [-0.25, -0.2) is 4.98 Å². The fourth-order valence-electron chi connectivity index (χ4n) is 2.39. The maximum atomic E-state index is 12.5. The van der Waals surface area contributed by atoms with Gasteiger partial charge in [-0.3, -0.25) is 14.9 Å². The van der Waals surface area contributed by atoms with Crippen molar-refractivity contribution < 1.29 is 14.5 Å². The highest BCUT2D eigenvalue weighted by Crippen LogP contribution is 2.23. The summed E-state index contributed by atoms with van der Waals surface area (Å²) in [5, 5.41) is 14.2. The molecule has 138 valence electrons. The van der Waals surface area contributed by atoms with E-state index in [0.717, 1.165) is 11.3 Å². The maximum Gasteiger partial charge on any atom is 0.271 e. The molecular formula is C19H17N3O4S. The zero-order valence-electron chi connectivity index (χ0n) is 14.8. The number of aryl methyl sites for hydroxylation is 2. The summed E-state index contributed by atoms with van der Waals surface area (Å²) in [6.07, 6.45) is 0. The minimum Gasteiger partial charge on any atom is -0.486 e. The van der Waals surface area contributed by atoms with Crippen molar-refractivity contribution in [3.05, 3.63) is 79.8 Å². The molecule has 2 aromatic carbocycles. The number of thiazole rings is 1. The first-order chi connectivity index (χ1) is 12.9. The van der Waals surface area contributed by atoms with Gasteiger partial charge in [0, 0.05) is 17.8 Å². The van der Waals surface area contributed by atoms with Crippen molar-refractivity contribution in [3.63, 3.8) is 0 Å². The quantitative estimate of drug-likeness (QED) is 0.499. The van der Waals surface area contributed by atoms with Crippen molar-refractivity contribution in [3.8, 4) is 5.75 Å². The number of ether oxygens (including phenoxy) is 1. The van der Waals surface area contributed by atoms with Crippen LogP contribution >= 0.6 is 11.3 Å². The van der Waals surface area contributed by atoms with Gasteiger partial charge in [0.05, 0.1) is 10.6 Å². The number of anilines is 1. The fraction of sp³-hybridized carbons (Fsp3) is 0.158. The van der Waals surface area contributed by atoms with Crippen molar-refractivity contribution in [2.24, 2.45) is 0 Å². The van der Waals surface area contributed by atoms with Gasteiger partial charge in [0.2, 0.25) is 0 Å². The molecule has 27 heavy (non-hydrogen) atoms. The Morgan fingerprint density at radius 1 is 1.22 bits per heavy atom. The zero-order chi connectivity index (χ0) is 19.4. The van der Waals surface area contributed by atoms with Crippen LogP contribution in [0.4, 0.5) is 11.4 Å². The van der Waals surface area contributed by atoms with Gasteiger partial charge >= 0.3 is 0 Å². The minimum absolute atomic E-state index is 0.0824. The van der Waals surface area contributed by atoms with Crippen LogP contribution < -0.4 is 10.1 Å². The topological polar surface area (TPSA) is 94.4 Å². The first kappa shape index (κ1) is 18.5. The van der Waals surface area contributed by atoms with Crippen LogP contribution in [-0.2, 0) is 6.61 Å². The van der Waals surface area contributed by atoms with E-state index in [9.17, 15) is 14.9 Å². The normalized spacial score (nSPS) is 10.4. The molecule has 1 aromatic heterocycles. The number of hydrogen-bond acceptors (Lipinski definition) is 6. The first-order valence-corrected chi connectivity index (χ1v) is 8.95.